The zero-order valence-electron chi connectivity index (χ0n) is 9.15. The fourth-order valence-electron chi connectivity index (χ4n) is 1.16. The van der Waals surface area contributed by atoms with Gasteiger partial charge in [-0.1, -0.05) is 30.3 Å². The first kappa shape index (κ1) is 12.6. The third-order valence-corrected chi connectivity index (χ3v) is 3.37. The highest BCUT2D eigenvalue weighted by Crippen LogP contribution is 2.16. The molecular weight excluding hydrogens is 206 g/mol. The SMILES string of the molecule is CC(O)(CN)CCSCc1ccccc1. The predicted molar refractivity (Wildman–Crippen MR) is 66.9 cm³/mol. The van der Waals surface area contributed by atoms with Crippen molar-refractivity contribution < 1.29 is 5.11 Å². The molecule has 0 fully saturated rings. The molecule has 3 heteroatoms. The average molecular weight is 225 g/mol. The Morgan fingerprint density at radius 2 is 2.00 bits per heavy atom. The lowest BCUT2D eigenvalue weighted by atomic mass is 10.1. The molecule has 0 saturated carbocycles. The van der Waals surface area contributed by atoms with Gasteiger partial charge in [0.15, 0.2) is 0 Å². The van der Waals surface area contributed by atoms with Crippen molar-refractivity contribution in [2.45, 2.75) is 24.7 Å². The maximum Gasteiger partial charge on any atom is 0.0749 e. The first-order valence-corrected chi connectivity index (χ1v) is 6.34. The number of rotatable bonds is 6. The highest BCUT2D eigenvalue weighted by molar-refractivity contribution is 7.98. The molecular formula is C12H19NOS. The Kier molecular flexibility index (Phi) is 5.15. The summed E-state index contributed by atoms with van der Waals surface area (Å²) in [5.74, 6) is 1.95. The molecule has 0 spiro atoms. The second-order valence-electron chi connectivity index (χ2n) is 3.99. The van der Waals surface area contributed by atoms with Crippen LogP contribution in [0.3, 0.4) is 0 Å². The van der Waals surface area contributed by atoms with Gasteiger partial charge in [0, 0.05) is 12.3 Å². The van der Waals surface area contributed by atoms with Crippen LogP contribution >= 0.6 is 11.8 Å². The van der Waals surface area contributed by atoms with E-state index < -0.39 is 5.60 Å². The van der Waals surface area contributed by atoms with Crippen molar-refractivity contribution in [2.75, 3.05) is 12.3 Å². The third kappa shape index (κ3) is 5.21. The van der Waals surface area contributed by atoms with E-state index in [0.717, 1.165) is 17.9 Å². The first-order valence-electron chi connectivity index (χ1n) is 5.18. The van der Waals surface area contributed by atoms with Crippen LogP contribution in [0.25, 0.3) is 0 Å². The molecule has 1 aromatic rings. The van der Waals surface area contributed by atoms with Crippen molar-refractivity contribution in [1.29, 1.82) is 0 Å². The quantitative estimate of drug-likeness (QED) is 0.728. The van der Waals surface area contributed by atoms with Crippen molar-refractivity contribution in [3.63, 3.8) is 0 Å². The molecule has 0 aliphatic carbocycles. The maximum atomic E-state index is 9.68. The summed E-state index contributed by atoms with van der Waals surface area (Å²) >= 11 is 1.83. The molecule has 0 radical (unpaired) electrons. The lowest BCUT2D eigenvalue weighted by Gasteiger charge is -2.20. The summed E-state index contributed by atoms with van der Waals surface area (Å²) in [6.45, 7) is 2.12. The van der Waals surface area contributed by atoms with Crippen LogP contribution in [0, 0.1) is 0 Å². The van der Waals surface area contributed by atoms with Gasteiger partial charge < -0.3 is 10.8 Å². The highest BCUT2D eigenvalue weighted by Gasteiger charge is 2.16. The number of thioether (sulfide) groups is 1. The van der Waals surface area contributed by atoms with Gasteiger partial charge >= 0.3 is 0 Å². The topological polar surface area (TPSA) is 46.2 Å². The smallest absolute Gasteiger partial charge is 0.0749 e. The van der Waals surface area contributed by atoms with Crippen LogP contribution in [-0.4, -0.2) is 23.0 Å². The fraction of sp³-hybridized carbons (Fsp3) is 0.500. The van der Waals surface area contributed by atoms with E-state index in [1.807, 2.05) is 30.0 Å². The normalized spacial score (nSPS) is 14.9. The molecule has 0 bridgehead atoms. The average Bonchev–Trinajstić information content (AvgIpc) is 2.26. The maximum absolute atomic E-state index is 9.68. The number of nitrogens with two attached hydrogens (primary N) is 1. The molecule has 1 atom stereocenters. The minimum atomic E-state index is -0.705. The van der Waals surface area contributed by atoms with E-state index in [4.69, 9.17) is 5.73 Å². The predicted octanol–water partition coefficient (Wildman–Crippen LogP) is 2.02. The molecule has 0 aliphatic rings. The van der Waals surface area contributed by atoms with E-state index in [1.54, 1.807) is 6.92 Å². The molecule has 0 amide bonds. The van der Waals surface area contributed by atoms with Crippen LogP contribution in [0.5, 0.6) is 0 Å². The molecule has 1 aromatic carbocycles. The Hall–Kier alpha value is -0.510. The zero-order valence-corrected chi connectivity index (χ0v) is 9.96. The summed E-state index contributed by atoms with van der Waals surface area (Å²) in [5.41, 5.74) is 6.06. The van der Waals surface area contributed by atoms with Crippen LogP contribution in [0.4, 0.5) is 0 Å². The molecule has 1 unspecified atom stereocenters. The van der Waals surface area contributed by atoms with Gasteiger partial charge in [0.05, 0.1) is 5.60 Å². The Bertz CT molecular complexity index is 274. The van der Waals surface area contributed by atoms with Crippen molar-refractivity contribution in [1.82, 2.24) is 0 Å². The van der Waals surface area contributed by atoms with Gasteiger partial charge in [0.1, 0.15) is 0 Å². The molecule has 1 rings (SSSR count). The molecule has 2 nitrogen and oxygen atoms in total. The summed E-state index contributed by atoms with van der Waals surface area (Å²) in [7, 11) is 0. The van der Waals surface area contributed by atoms with E-state index in [-0.39, 0.29) is 0 Å². The Labute approximate surface area is 95.9 Å². The van der Waals surface area contributed by atoms with Crippen molar-refractivity contribution in [3.05, 3.63) is 35.9 Å². The zero-order chi connectivity index (χ0) is 11.1. The van der Waals surface area contributed by atoms with Crippen molar-refractivity contribution in [2.24, 2.45) is 5.73 Å². The summed E-state index contributed by atoms with van der Waals surface area (Å²) < 4.78 is 0. The van der Waals surface area contributed by atoms with Crippen molar-refractivity contribution >= 4 is 11.8 Å². The lowest BCUT2D eigenvalue weighted by molar-refractivity contribution is 0.0665. The molecule has 3 N–H and O–H groups in total. The summed E-state index contributed by atoms with van der Waals surface area (Å²) in [5, 5.41) is 9.68. The van der Waals surface area contributed by atoms with Crippen LogP contribution in [0.1, 0.15) is 18.9 Å². The largest absolute Gasteiger partial charge is 0.389 e. The first-order chi connectivity index (χ1) is 7.14. The van der Waals surface area contributed by atoms with E-state index in [2.05, 4.69) is 12.1 Å². The van der Waals surface area contributed by atoms with E-state index in [1.165, 1.54) is 5.56 Å². The van der Waals surface area contributed by atoms with E-state index >= 15 is 0 Å². The Morgan fingerprint density at radius 1 is 1.33 bits per heavy atom. The molecule has 15 heavy (non-hydrogen) atoms. The molecule has 0 saturated heterocycles. The summed E-state index contributed by atoms with van der Waals surface area (Å²) in [6, 6.07) is 10.4. The third-order valence-electron chi connectivity index (χ3n) is 2.34. The van der Waals surface area contributed by atoms with Gasteiger partial charge in [-0.05, 0) is 24.7 Å². The van der Waals surface area contributed by atoms with Gasteiger partial charge in [0.25, 0.3) is 0 Å². The number of hydrogen-bond acceptors (Lipinski definition) is 3. The second-order valence-corrected chi connectivity index (χ2v) is 5.09. The second kappa shape index (κ2) is 6.16. The fourth-order valence-corrected chi connectivity index (χ4v) is 2.31. The van der Waals surface area contributed by atoms with Crippen LogP contribution < -0.4 is 5.73 Å². The van der Waals surface area contributed by atoms with Gasteiger partial charge in [-0.2, -0.15) is 11.8 Å². The van der Waals surface area contributed by atoms with Gasteiger partial charge in [-0.15, -0.1) is 0 Å². The van der Waals surface area contributed by atoms with Crippen LogP contribution in [-0.2, 0) is 5.75 Å². The highest BCUT2D eigenvalue weighted by atomic mass is 32.2. The Balaban J connectivity index is 2.18. The lowest BCUT2D eigenvalue weighted by Crippen LogP contribution is -2.34. The van der Waals surface area contributed by atoms with E-state index in [9.17, 15) is 5.11 Å². The number of benzene rings is 1. The molecule has 84 valence electrons. The minimum absolute atomic E-state index is 0.332. The standard InChI is InChI=1S/C12H19NOS/c1-12(14,10-13)7-8-15-9-11-5-3-2-4-6-11/h2-6,14H,7-10,13H2,1H3. The number of aliphatic hydroxyl groups is 1. The molecule has 0 aromatic heterocycles. The summed E-state index contributed by atoms with van der Waals surface area (Å²) in [4.78, 5) is 0. The minimum Gasteiger partial charge on any atom is -0.389 e. The molecule has 0 aliphatic heterocycles. The van der Waals surface area contributed by atoms with Crippen molar-refractivity contribution in [3.8, 4) is 0 Å². The van der Waals surface area contributed by atoms with Crippen LogP contribution in [0.2, 0.25) is 0 Å². The van der Waals surface area contributed by atoms with Crippen LogP contribution in [0.15, 0.2) is 30.3 Å². The van der Waals surface area contributed by atoms with Gasteiger partial charge in [0.2, 0.25) is 0 Å². The van der Waals surface area contributed by atoms with E-state index in [0.29, 0.717) is 6.54 Å². The van der Waals surface area contributed by atoms with Gasteiger partial charge in [-0.3, -0.25) is 0 Å². The number of hydrogen-bond donors (Lipinski definition) is 2. The molecule has 0 heterocycles. The monoisotopic (exact) mass is 225 g/mol. The summed E-state index contributed by atoms with van der Waals surface area (Å²) in [6.07, 6.45) is 0.751. The Morgan fingerprint density at radius 3 is 2.60 bits per heavy atom. The van der Waals surface area contributed by atoms with Gasteiger partial charge in [-0.25, -0.2) is 0 Å².